The topological polar surface area (TPSA) is 29.1 Å². The average Bonchev–Trinajstić information content (AvgIpc) is 2.15. The van der Waals surface area contributed by atoms with E-state index in [0.29, 0.717) is 0 Å². The van der Waals surface area contributed by atoms with Crippen LogP contribution in [0.4, 0.5) is 0 Å². The lowest BCUT2D eigenvalue weighted by Crippen LogP contribution is -2.17. The van der Waals surface area contributed by atoms with Crippen molar-refractivity contribution in [2.75, 3.05) is 0 Å². The van der Waals surface area contributed by atoms with E-state index in [-0.39, 0.29) is 5.91 Å². The second-order valence-corrected chi connectivity index (χ2v) is 3.69. The summed E-state index contributed by atoms with van der Waals surface area (Å²) in [5.74, 6) is -0.0477. The molecule has 0 aliphatic carbocycles. The number of hydrogen-bond acceptors (Lipinski definition) is 1. The Labute approximate surface area is 97.5 Å². The van der Waals surface area contributed by atoms with Crippen molar-refractivity contribution in [2.24, 2.45) is 0 Å². The predicted molar refractivity (Wildman–Crippen MR) is 67.0 cm³/mol. The SMILES string of the molecule is CC(=O)N/C(=C\I)c1ccc(C)cc1. The molecule has 0 aromatic heterocycles. The van der Waals surface area contributed by atoms with Crippen LogP contribution in [-0.2, 0) is 4.79 Å². The van der Waals surface area contributed by atoms with E-state index in [1.165, 1.54) is 12.5 Å². The van der Waals surface area contributed by atoms with E-state index in [1.807, 2.05) is 35.3 Å². The summed E-state index contributed by atoms with van der Waals surface area (Å²) in [6.07, 6.45) is 0. The Morgan fingerprint density at radius 3 is 2.36 bits per heavy atom. The first-order valence-corrected chi connectivity index (χ1v) is 5.53. The van der Waals surface area contributed by atoms with Gasteiger partial charge in [0.1, 0.15) is 0 Å². The average molecular weight is 301 g/mol. The molecule has 0 spiro atoms. The van der Waals surface area contributed by atoms with E-state index in [4.69, 9.17) is 0 Å². The normalized spacial score (nSPS) is 11.2. The predicted octanol–water partition coefficient (Wildman–Crippen LogP) is 2.86. The van der Waals surface area contributed by atoms with E-state index < -0.39 is 0 Å². The Morgan fingerprint density at radius 1 is 1.36 bits per heavy atom. The molecule has 1 rings (SSSR count). The van der Waals surface area contributed by atoms with Gasteiger partial charge in [0.15, 0.2) is 0 Å². The fraction of sp³-hybridized carbons (Fsp3) is 0.182. The third-order valence-electron chi connectivity index (χ3n) is 1.78. The number of halogens is 1. The third kappa shape index (κ3) is 3.14. The monoisotopic (exact) mass is 301 g/mol. The van der Waals surface area contributed by atoms with Crippen molar-refractivity contribution in [1.82, 2.24) is 5.32 Å². The van der Waals surface area contributed by atoms with Crippen LogP contribution in [0.5, 0.6) is 0 Å². The lowest BCUT2D eigenvalue weighted by molar-refractivity contribution is -0.117. The highest BCUT2D eigenvalue weighted by Gasteiger charge is 2.01. The summed E-state index contributed by atoms with van der Waals surface area (Å²) in [4.78, 5) is 10.9. The summed E-state index contributed by atoms with van der Waals surface area (Å²) in [6.45, 7) is 3.55. The van der Waals surface area contributed by atoms with Crippen molar-refractivity contribution >= 4 is 34.2 Å². The van der Waals surface area contributed by atoms with Crippen molar-refractivity contribution in [1.29, 1.82) is 0 Å². The standard InChI is InChI=1S/C11H12INO/c1-8-3-5-10(6-4-8)11(7-12)13-9(2)14/h3-7H,1-2H3,(H,13,14)/b11-7-. The molecule has 0 aliphatic heterocycles. The first-order valence-electron chi connectivity index (χ1n) is 4.28. The maximum atomic E-state index is 10.9. The fourth-order valence-corrected chi connectivity index (χ4v) is 1.60. The molecule has 0 radical (unpaired) electrons. The summed E-state index contributed by atoms with van der Waals surface area (Å²) in [5, 5.41) is 2.78. The van der Waals surface area contributed by atoms with Gasteiger partial charge in [0.05, 0.1) is 5.70 Å². The van der Waals surface area contributed by atoms with E-state index >= 15 is 0 Å². The molecule has 3 heteroatoms. The minimum Gasteiger partial charge on any atom is -0.325 e. The Balaban J connectivity index is 2.91. The highest BCUT2D eigenvalue weighted by Crippen LogP contribution is 2.14. The molecular formula is C11H12INO. The summed E-state index contributed by atoms with van der Waals surface area (Å²) >= 11 is 2.12. The van der Waals surface area contributed by atoms with Crippen molar-refractivity contribution in [2.45, 2.75) is 13.8 Å². The number of aryl methyl sites for hydroxylation is 1. The molecule has 0 atom stereocenters. The van der Waals surface area contributed by atoms with Crippen LogP contribution in [0.1, 0.15) is 18.1 Å². The Hall–Kier alpha value is -0.840. The molecule has 14 heavy (non-hydrogen) atoms. The summed E-state index contributed by atoms with van der Waals surface area (Å²) in [6, 6.07) is 8.04. The highest BCUT2D eigenvalue weighted by molar-refractivity contribution is 14.1. The van der Waals surface area contributed by atoms with Crippen LogP contribution in [0.15, 0.2) is 28.3 Å². The zero-order valence-electron chi connectivity index (χ0n) is 8.17. The van der Waals surface area contributed by atoms with Crippen molar-refractivity contribution in [3.05, 3.63) is 39.5 Å². The molecule has 0 heterocycles. The number of amides is 1. The number of hydrogen-bond donors (Lipinski definition) is 1. The minimum absolute atomic E-state index is 0.0477. The van der Waals surface area contributed by atoms with Crippen LogP contribution in [0, 0.1) is 6.92 Å². The van der Waals surface area contributed by atoms with E-state index in [0.717, 1.165) is 11.3 Å². The fourth-order valence-electron chi connectivity index (χ4n) is 1.09. The maximum absolute atomic E-state index is 10.9. The molecule has 0 aliphatic rings. The van der Waals surface area contributed by atoms with E-state index in [2.05, 4.69) is 27.9 Å². The van der Waals surface area contributed by atoms with Gasteiger partial charge in [-0.1, -0.05) is 52.4 Å². The number of carbonyl (C=O) groups is 1. The van der Waals surface area contributed by atoms with Crippen LogP contribution in [-0.4, -0.2) is 5.91 Å². The van der Waals surface area contributed by atoms with E-state index in [1.54, 1.807) is 0 Å². The minimum atomic E-state index is -0.0477. The number of carbonyl (C=O) groups excluding carboxylic acids is 1. The van der Waals surface area contributed by atoms with Gasteiger partial charge in [-0.2, -0.15) is 0 Å². The van der Waals surface area contributed by atoms with Gasteiger partial charge in [0.25, 0.3) is 0 Å². The molecule has 2 nitrogen and oxygen atoms in total. The zero-order chi connectivity index (χ0) is 10.6. The second kappa shape index (κ2) is 5.14. The van der Waals surface area contributed by atoms with E-state index in [9.17, 15) is 4.79 Å². The Bertz CT molecular complexity index is 354. The molecule has 0 bridgehead atoms. The Kier molecular flexibility index (Phi) is 4.13. The number of benzene rings is 1. The van der Waals surface area contributed by atoms with Crippen LogP contribution < -0.4 is 5.32 Å². The quantitative estimate of drug-likeness (QED) is 0.836. The molecule has 1 N–H and O–H groups in total. The Morgan fingerprint density at radius 2 is 1.93 bits per heavy atom. The highest BCUT2D eigenvalue weighted by atomic mass is 127. The van der Waals surface area contributed by atoms with Crippen molar-refractivity contribution in [3.63, 3.8) is 0 Å². The first kappa shape index (κ1) is 11.2. The molecule has 0 unspecified atom stereocenters. The molecule has 0 fully saturated rings. The van der Waals surface area contributed by atoms with Gasteiger partial charge in [-0.05, 0) is 12.5 Å². The summed E-state index contributed by atoms with van der Waals surface area (Å²) in [7, 11) is 0. The van der Waals surface area contributed by atoms with Crippen molar-refractivity contribution in [3.8, 4) is 0 Å². The maximum Gasteiger partial charge on any atom is 0.221 e. The second-order valence-electron chi connectivity index (χ2n) is 3.07. The van der Waals surface area contributed by atoms with Gasteiger partial charge in [-0.15, -0.1) is 0 Å². The molecule has 1 amide bonds. The van der Waals surface area contributed by atoms with Gasteiger partial charge >= 0.3 is 0 Å². The molecule has 0 saturated carbocycles. The number of rotatable bonds is 2. The van der Waals surface area contributed by atoms with Gasteiger partial charge in [0.2, 0.25) is 5.91 Å². The summed E-state index contributed by atoms with van der Waals surface area (Å²) in [5.41, 5.74) is 3.09. The lowest BCUT2D eigenvalue weighted by Gasteiger charge is -2.07. The first-order chi connectivity index (χ1) is 6.63. The van der Waals surface area contributed by atoms with Gasteiger partial charge in [-0.25, -0.2) is 0 Å². The smallest absolute Gasteiger partial charge is 0.221 e. The largest absolute Gasteiger partial charge is 0.325 e. The third-order valence-corrected chi connectivity index (χ3v) is 2.41. The van der Waals surface area contributed by atoms with Crippen LogP contribution in [0.2, 0.25) is 0 Å². The van der Waals surface area contributed by atoms with Crippen molar-refractivity contribution < 1.29 is 4.79 Å². The van der Waals surface area contributed by atoms with Crippen LogP contribution in [0.25, 0.3) is 5.70 Å². The molecule has 0 saturated heterocycles. The van der Waals surface area contributed by atoms with Crippen LogP contribution >= 0.6 is 22.6 Å². The molecule has 1 aromatic carbocycles. The van der Waals surface area contributed by atoms with Gasteiger partial charge < -0.3 is 5.32 Å². The number of nitrogens with one attached hydrogen (secondary N) is 1. The lowest BCUT2D eigenvalue weighted by atomic mass is 10.1. The molecule has 1 aromatic rings. The summed E-state index contributed by atoms with van der Waals surface area (Å²) < 4.78 is 1.86. The molecule has 74 valence electrons. The zero-order valence-corrected chi connectivity index (χ0v) is 10.3. The molecular weight excluding hydrogens is 289 g/mol. The van der Waals surface area contributed by atoms with Gasteiger partial charge in [0, 0.05) is 11.0 Å². The van der Waals surface area contributed by atoms with Gasteiger partial charge in [-0.3, -0.25) is 4.79 Å². The van der Waals surface area contributed by atoms with Crippen LogP contribution in [0.3, 0.4) is 0 Å².